The maximum absolute atomic E-state index is 12.4. The molecule has 2 amide bonds. The second kappa shape index (κ2) is 8.32. The van der Waals surface area contributed by atoms with Crippen LogP contribution in [0.4, 0.5) is 4.79 Å². The lowest BCUT2D eigenvalue weighted by Crippen LogP contribution is -2.67. The van der Waals surface area contributed by atoms with Gasteiger partial charge in [-0.1, -0.05) is 36.4 Å². The number of urea groups is 1. The van der Waals surface area contributed by atoms with Crippen LogP contribution in [0.15, 0.2) is 48.5 Å². The molecule has 6 nitrogen and oxygen atoms in total. The number of nitrogens with one attached hydrogen (secondary N) is 1. The molecule has 2 N–H and O–H groups in total. The van der Waals surface area contributed by atoms with Gasteiger partial charge in [-0.25, -0.2) is 4.79 Å². The quantitative estimate of drug-likeness (QED) is 0.836. The summed E-state index contributed by atoms with van der Waals surface area (Å²) in [5.41, 5.74) is 3.06. The third-order valence-corrected chi connectivity index (χ3v) is 5.10. The van der Waals surface area contributed by atoms with Gasteiger partial charge in [0.25, 0.3) is 0 Å². The average Bonchev–Trinajstić information content (AvgIpc) is 2.68. The highest BCUT2D eigenvalue weighted by Gasteiger charge is 2.51. The van der Waals surface area contributed by atoms with E-state index in [2.05, 4.69) is 11.4 Å². The van der Waals surface area contributed by atoms with E-state index in [1.165, 1.54) is 4.90 Å². The number of amides is 2. The van der Waals surface area contributed by atoms with E-state index < -0.39 is 12.1 Å². The molecule has 0 radical (unpaired) electrons. The lowest BCUT2D eigenvalue weighted by molar-refractivity contribution is 0.0162. The summed E-state index contributed by atoms with van der Waals surface area (Å²) in [6.07, 6.45) is 0. The van der Waals surface area contributed by atoms with Gasteiger partial charge in [0.15, 0.2) is 0 Å². The number of ether oxygens (including phenoxy) is 1. The molecule has 0 aliphatic carbocycles. The summed E-state index contributed by atoms with van der Waals surface area (Å²) in [6, 6.07) is 16.6. The zero-order valence-electron chi connectivity index (χ0n) is 16.3. The number of carbonyl (C=O) groups is 1. The summed E-state index contributed by atoms with van der Waals surface area (Å²) in [4.78, 5) is 13.8. The fourth-order valence-electron chi connectivity index (χ4n) is 3.69. The normalized spacial score (nSPS) is 21.0. The Morgan fingerprint density at radius 2 is 1.75 bits per heavy atom. The van der Waals surface area contributed by atoms with Crippen LogP contribution in [0.2, 0.25) is 0 Å². The number of methoxy groups -OCH3 is 1. The lowest BCUT2D eigenvalue weighted by atomic mass is 9.75. The largest absolute Gasteiger partial charge is 0.497 e. The lowest BCUT2D eigenvalue weighted by Gasteiger charge is -2.51. The predicted molar refractivity (Wildman–Crippen MR) is 107 cm³/mol. The highest BCUT2D eigenvalue weighted by Crippen LogP contribution is 2.41. The number of hydrogen-bond acceptors (Lipinski definition) is 4. The molecule has 28 heavy (non-hydrogen) atoms. The van der Waals surface area contributed by atoms with Gasteiger partial charge in [-0.05, 0) is 42.7 Å². The summed E-state index contributed by atoms with van der Waals surface area (Å²) in [7, 11) is 1.64. The van der Waals surface area contributed by atoms with Crippen molar-refractivity contribution < 1.29 is 14.6 Å². The third-order valence-electron chi connectivity index (χ3n) is 5.10. The molecule has 6 heteroatoms. The number of rotatable bonds is 5. The summed E-state index contributed by atoms with van der Waals surface area (Å²) < 4.78 is 5.19. The molecule has 0 aromatic heterocycles. The molecular weight excluding hydrogens is 354 g/mol. The van der Waals surface area contributed by atoms with Crippen LogP contribution in [0.5, 0.6) is 5.75 Å². The SMILES string of the molecule is COc1ccc(-c2ccc([C@H]3[C@@H](C#N)N(C(=O)NC(C)C)[C@@H]3CO)cc2)cc1. The van der Waals surface area contributed by atoms with Crippen molar-refractivity contribution in [3.05, 3.63) is 54.1 Å². The molecule has 0 unspecified atom stereocenters. The average molecular weight is 379 g/mol. The maximum Gasteiger partial charge on any atom is 0.319 e. The zero-order chi connectivity index (χ0) is 20.3. The van der Waals surface area contributed by atoms with Crippen LogP contribution in [0.3, 0.4) is 0 Å². The summed E-state index contributed by atoms with van der Waals surface area (Å²) in [5, 5.41) is 22.2. The first kappa shape index (κ1) is 19.7. The number of aliphatic hydroxyl groups excluding tert-OH is 1. The molecule has 1 heterocycles. The molecule has 3 atom stereocenters. The number of likely N-dealkylation sites (tertiary alicyclic amines) is 1. The summed E-state index contributed by atoms with van der Waals surface area (Å²) in [6.45, 7) is 3.54. The highest BCUT2D eigenvalue weighted by molar-refractivity contribution is 5.77. The van der Waals surface area contributed by atoms with E-state index in [-0.39, 0.29) is 24.6 Å². The minimum absolute atomic E-state index is 0.0333. The Balaban J connectivity index is 1.80. The van der Waals surface area contributed by atoms with E-state index in [1.807, 2.05) is 62.4 Å². The molecule has 1 fully saturated rings. The van der Waals surface area contributed by atoms with Crippen LogP contribution in [0.1, 0.15) is 25.3 Å². The molecule has 146 valence electrons. The van der Waals surface area contributed by atoms with Crippen molar-refractivity contribution in [3.8, 4) is 22.9 Å². The number of nitriles is 1. The molecule has 3 rings (SSSR count). The summed E-state index contributed by atoms with van der Waals surface area (Å²) >= 11 is 0. The fourth-order valence-corrected chi connectivity index (χ4v) is 3.69. The van der Waals surface area contributed by atoms with Gasteiger partial charge in [0.2, 0.25) is 0 Å². The van der Waals surface area contributed by atoms with Crippen molar-refractivity contribution >= 4 is 6.03 Å². The Morgan fingerprint density at radius 1 is 1.18 bits per heavy atom. The van der Waals surface area contributed by atoms with Crippen LogP contribution < -0.4 is 10.1 Å². The van der Waals surface area contributed by atoms with Crippen LogP contribution in [-0.2, 0) is 0 Å². The van der Waals surface area contributed by atoms with Gasteiger partial charge in [-0.2, -0.15) is 5.26 Å². The summed E-state index contributed by atoms with van der Waals surface area (Å²) in [5.74, 6) is 0.593. The van der Waals surface area contributed by atoms with Crippen molar-refractivity contribution in [1.82, 2.24) is 10.2 Å². The van der Waals surface area contributed by atoms with Gasteiger partial charge in [-0.3, -0.25) is 0 Å². The Hall–Kier alpha value is -3.04. The first-order valence-corrected chi connectivity index (χ1v) is 9.33. The maximum atomic E-state index is 12.4. The van der Waals surface area contributed by atoms with E-state index in [9.17, 15) is 15.2 Å². The van der Waals surface area contributed by atoms with Gasteiger partial charge in [-0.15, -0.1) is 0 Å². The molecule has 2 aromatic rings. The zero-order valence-corrected chi connectivity index (χ0v) is 16.3. The van der Waals surface area contributed by atoms with Gasteiger partial charge >= 0.3 is 6.03 Å². The Morgan fingerprint density at radius 3 is 2.21 bits per heavy atom. The topological polar surface area (TPSA) is 85.6 Å². The number of hydrogen-bond donors (Lipinski definition) is 2. The van der Waals surface area contributed by atoms with Gasteiger partial charge in [0.05, 0.1) is 25.8 Å². The van der Waals surface area contributed by atoms with Gasteiger partial charge in [0, 0.05) is 12.0 Å². The first-order valence-electron chi connectivity index (χ1n) is 9.33. The number of nitrogens with zero attached hydrogens (tertiary/aromatic N) is 2. The highest BCUT2D eigenvalue weighted by atomic mass is 16.5. The van der Waals surface area contributed by atoms with Crippen LogP contribution in [-0.4, -0.2) is 47.9 Å². The number of aliphatic hydroxyl groups is 1. The fraction of sp³-hybridized carbons (Fsp3) is 0.364. The standard InChI is InChI=1S/C22H25N3O3/c1-14(2)24-22(27)25-19(12-23)21(20(25)13-26)17-6-4-15(5-7-17)16-8-10-18(28-3)11-9-16/h4-11,14,19-21,26H,13H2,1-3H3,(H,24,27)/t19-,20-,21+/m1/s1. The Bertz CT molecular complexity index is 856. The van der Waals surface area contributed by atoms with Gasteiger partial charge < -0.3 is 20.1 Å². The van der Waals surface area contributed by atoms with Crippen molar-refractivity contribution in [2.24, 2.45) is 0 Å². The van der Waals surface area contributed by atoms with Crippen LogP contribution >= 0.6 is 0 Å². The minimum Gasteiger partial charge on any atom is -0.497 e. The van der Waals surface area contributed by atoms with Crippen molar-refractivity contribution in [1.29, 1.82) is 5.26 Å². The van der Waals surface area contributed by atoms with Crippen molar-refractivity contribution in [2.75, 3.05) is 13.7 Å². The predicted octanol–water partition coefficient (Wildman–Crippen LogP) is 3.13. The van der Waals surface area contributed by atoms with E-state index in [4.69, 9.17) is 4.74 Å². The van der Waals surface area contributed by atoms with E-state index in [1.54, 1.807) is 7.11 Å². The van der Waals surface area contributed by atoms with E-state index in [0.29, 0.717) is 0 Å². The van der Waals surface area contributed by atoms with E-state index in [0.717, 1.165) is 22.4 Å². The molecular formula is C22H25N3O3. The van der Waals surface area contributed by atoms with Crippen LogP contribution in [0, 0.1) is 11.3 Å². The molecule has 0 bridgehead atoms. The van der Waals surface area contributed by atoms with Crippen molar-refractivity contribution in [2.45, 2.75) is 37.9 Å². The molecule has 2 aromatic carbocycles. The minimum atomic E-state index is -0.595. The number of benzene rings is 2. The Kier molecular flexibility index (Phi) is 5.86. The van der Waals surface area contributed by atoms with Gasteiger partial charge in [0.1, 0.15) is 11.8 Å². The third kappa shape index (κ3) is 3.67. The molecule has 1 saturated heterocycles. The smallest absolute Gasteiger partial charge is 0.319 e. The van der Waals surface area contributed by atoms with E-state index >= 15 is 0 Å². The molecule has 0 spiro atoms. The number of carbonyl (C=O) groups excluding carboxylic acids is 1. The molecule has 0 saturated carbocycles. The monoisotopic (exact) mass is 379 g/mol. The molecule has 1 aliphatic rings. The second-order valence-corrected chi connectivity index (χ2v) is 7.21. The second-order valence-electron chi connectivity index (χ2n) is 7.21. The van der Waals surface area contributed by atoms with Crippen LogP contribution in [0.25, 0.3) is 11.1 Å². The molecule has 1 aliphatic heterocycles. The van der Waals surface area contributed by atoms with Crippen molar-refractivity contribution in [3.63, 3.8) is 0 Å². The Labute approximate surface area is 165 Å². The first-order chi connectivity index (χ1) is 13.5.